The van der Waals surface area contributed by atoms with Crippen molar-refractivity contribution in [3.05, 3.63) is 24.3 Å². The summed E-state index contributed by atoms with van der Waals surface area (Å²) in [5.41, 5.74) is 1.87. The van der Waals surface area contributed by atoms with E-state index in [0.29, 0.717) is 6.54 Å². The molecule has 0 unspecified atom stereocenters. The number of carbonyl (C=O) groups is 1. The van der Waals surface area contributed by atoms with Gasteiger partial charge in [0, 0.05) is 30.4 Å². The Morgan fingerprint density at radius 3 is 2.21 bits per heavy atom. The van der Waals surface area contributed by atoms with E-state index in [4.69, 9.17) is 0 Å². The zero-order chi connectivity index (χ0) is 20.4. The highest BCUT2D eigenvalue weighted by molar-refractivity contribution is 7.90. The Kier molecular flexibility index (Phi) is 9.25. The number of anilines is 2. The van der Waals surface area contributed by atoms with Gasteiger partial charge in [-0.05, 0) is 63.8 Å². The predicted molar refractivity (Wildman–Crippen MR) is 116 cm³/mol. The van der Waals surface area contributed by atoms with Crippen molar-refractivity contribution in [2.75, 3.05) is 23.7 Å². The molecule has 0 radical (unpaired) electrons. The second kappa shape index (κ2) is 11.4. The number of nitrogens with one attached hydrogen (secondary N) is 3. The van der Waals surface area contributed by atoms with Crippen molar-refractivity contribution in [1.29, 1.82) is 0 Å². The maximum absolute atomic E-state index is 12.3. The van der Waals surface area contributed by atoms with Crippen LogP contribution in [0.3, 0.4) is 0 Å². The maximum atomic E-state index is 12.3. The second-order valence-corrected chi connectivity index (χ2v) is 10.2. The summed E-state index contributed by atoms with van der Waals surface area (Å²) in [6, 6.07) is 7.83. The highest BCUT2D eigenvalue weighted by Gasteiger charge is 2.20. The Labute approximate surface area is 169 Å². The van der Waals surface area contributed by atoms with Crippen LogP contribution in [-0.4, -0.2) is 32.7 Å². The summed E-state index contributed by atoms with van der Waals surface area (Å²) in [5.74, 6) is 0.310. The van der Waals surface area contributed by atoms with Gasteiger partial charge in [0.15, 0.2) is 0 Å². The second-order valence-electron chi connectivity index (χ2n) is 7.88. The molecule has 7 heteroatoms. The highest BCUT2D eigenvalue weighted by atomic mass is 32.2. The van der Waals surface area contributed by atoms with Crippen LogP contribution in [0.15, 0.2) is 24.3 Å². The Hall–Kier alpha value is -1.60. The minimum Gasteiger partial charge on any atom is -0.385 e. The fourth-order valence-corrected chi connectivity index (χ4v) is 4.08. The smallest absolute Gasteiger partial charge is 0.227 e. The molecule has 2 rings (SSSR count). The van der Waals surface area contributed by atoms with E-state index in [9.17, 15) is 13.2 Å². The molecule has 1 aromatic rings. The molecular formula is C21H35N3O3S. The first-order valence-corrected chi connectivity index (χ1v) is 12.1. The Morgan fingerprint density at radius 1 is 0.964 bits per heavy atom. The van der Waals surface area contributed by atoms with Crippen LogP contribution in [0.25, 0.3) is 0 Å². The van der Waals surface area contributed by atoms with Crippen molar-refractivity contribution < 1.29 is 13.2 Å². The summed E-state index contributed by atoms with van der Waals surface area (Å²) in [5, 5.41) is 6.00. The van der Waals surface area contributed by atoms with Crippen LogP contribution >= 0.6 is 0 Å². The summed E-state index contributed by atoms with van der Waals surface area (Å²) in [6.45, 7) is 4.69. The van der Waals surface area contributed by atoms with E-state index in [-0.39, 0.29) is 17.1 Å². The molecule has 0 aliphatic heterocycles. The van der Waals surface area contributed by atoms with Gasteiger partial charge < -0.3 is 10.6 Å². The summed E-state index contributed by atoms with van der Waals surface area (Å²) < 4.78 is 25.9. The van der Waals surface area contributed by atoms with E-state index in [1.54, 1.807) is 13.8 Å². The first-order valence-electron chi connectivity index (χ1n) is 10.5. The normalized spacial score (nSPS) is 15.5. The summed E-state index contributed by atoms with van der Waals surface area (Å²) in [7, 11) is -3.15. The van der Waals surface area contributed by atoms with Gasteiger partial charge in [-0.15, -0.1) is 0 Å². The molecule has 1 saturated carbocycles. The molecule has 0 saturated heterocycles. The standard InChI is InChI=1S/C21H35N3O3S/c1-17(2)28(26,27)23-16-8-4-7-15-22-19-11-13-20(14-12-19)24-21(25)18-9-5-3-6-10-18/h11-14,17-18,22-23H,3-10,15-16H2,1-2H3,(H,24,25). The van der Waals surface area contributed by atoms with Crippen molar-refractivity contribution in [2.24, 2.45) is 5.92 Å². The van der Waals surface area contributed by atoms with Gasteiger partial charge in [-0.3, -0.25) is 4.79 Å². The number of carbonyl (C=O) groups excluding carboxylic acids is 1. The van der Waals surface area contributed by atoms with Crippen molar-refractivity contribution in [3.63, 3.8) is 0 Å². The van der Waals surface area contributed by atoms with Gasteiger partial charge in [-0.2, -0.15) is 0 Å². The molecule has 1 aliphatic rings. The average Bonchev–Trinajstić information content (AvgIpc) is 2.69. The van der Waals surface area contributed by atoms with E-state index >= 15 is 0 Å². The minimum absolute atomic E-state index is 0.147. The summed E-state index contributed by atoms with van der Waals surface area (Å²) >= 11 is 0. The van der Waals surface area contributed by atoms with Crippen molar-refractivity contribution >= 4 is 27.3 Å². The molecule has 0 spiro atoms. The number of hydrogen-bond acceptors (Lipinski definition) is 4. The van der Waals surface area contributed by atoms with E-state index in [1.165, 1.54) is 6.42 Å². The zero-order valence-electron chi connectivity index (χ0n) is 17.2. The lowest BCUT2D eigenvalue weighted by Crippen LogP contribution is -2.31. The van der Waals surface area contributed by atoms with Crippen LogP contribution < -0.4 is 15.4 Å². The number of rotatable bonds is 11. The minimum atomic E-state index is -3.15. The van der Waals surface area contributed by atoms with Crippen LogP contribution in [0.1, 0.15) is 65.2 Å². The van der Waals surface area contributed by atoms with Crippen LogP contribution in [0.2, 0.25) is 0 Å². The van der Waals surface area contributed by atoms with Gasteiger partial charge in [0.25, 0.3) is 0 Å². The third kappa shape index (κ3) is 7.80. The van der Waals surface area contributed by atoms with Gasteiger partial charge in [0.2, 0.25) is 15.9 Å². The lowest BCUT2D eigenvalue weighted by atomic mass is 9.88. The van der Waals surface area contributed by atoms with E-state index < -0.39 is 10.0 Å². The van der Waals surface area contributed by atoms with Crippen molar-refractivity contribution in [1.82, 2.24) is 4.72 Å². The molecule has 0 atom stereocenters. The molecule has 0 bridgehead atoms. The SMILES string of the molecule is CC(C)S(=O)(=O)NCCCCCNc1ccc(NC(=O)C2CCCCC2)cc1. The fraction of sp³-hybridized carbons (Fsp3) is 0.667. The molecule has 1 fully saturated rings. The lowest BCUT2D eigenvalue weighted by Gasteiger charge is -2.20. The number of unbranched alkanes of at least 4 members (excludes halogenated alkanes) is 2. The number of sulfonamides is 1. The average molecular weight is 410 g/mol. The molecule has 0 heterocycles. The van der Waals surface area contributed by atoms with E-state index in [1.807, 2.05) is 24.3 Å². The summed E-state index contributed by atoms with van der Waals surface area (Å²) in [4.78, 5) is 12.3. The van der Waals surface area contributed by atoms with Gasteiger partial charge in [-0.25, -0.2) is 13.1 Å². The van der Waals surface area contributed by atoms with Crippen molar-refractivity contribution in [2.45, 2.75) is 70.5 Å². The molecule has 0 aromatic heterocycles. The largest absolute Gasteiger partial charge is 0.385 e. The Balaban J connectivity index is 1.60. The van der Waals surface area contributed by atoms with Crippen LogP contribution in [0.4, 0.5) is 11.4 Å². The van der Waals surface area contributed by atoms with E-state index in [0.717, 1.165) is 62.9 Å². The van der Waals surface area contributed by atoms with Gasteiger partial charge in [0.1, 0.15) is 0 Å². The number of hydrogen-bond donors (Lipinski definition) is 3. The quantitative estimate of drug-likeness (QED) is 0.480. The van der Waals surface area contributed by atoms with Gasteiger partial charge >= 0.3 is 0 Å². The van der Waals surface area contributed by atoms with Gasteiger partial charge in [0.05, 0.1) is 5.25 Å². The van der Waals surface area contributed by atoms with Crippen LogP contribution in [0.5, 0.6) is 0 Å². The van der Waals surface area contributed by atoms with Crippen LogP contribution in [0, 0.1) is 5.92 Å². The third-order valence-corrected chi connectivity index (χ3v) is 7.08. The molecule has 28 heavy (non-hydrogen) atoms. The molecule has 158 valence electrons. The molecule has 6 nitrogen and oxygen atoms in total. The topological polar surface area (TPSA) is 87.3 Å². The molecule has 1 aromatic carbocycles. The first kappa shape index (κ1) is 22.7. The Morgan fingerprint density at radius 2 is 1.57 bits per heavy atom. The Bertz CT molecular complexity index is 696. The van der Waals surface area contributed by atoms with Crippen LogP contribution in [-0.2, 0) is 14.8 Å². The predicted octanol–water partition coefficient (Wildman–Crippen LogP) is 4.12. The van der Waals surface area contributed by atoms with E-state index in [2.05, 4.69) is 15.4 Å². The zero-order valence-corrected chi connectivity index (χ0v) is 18.0. The fourth-order valence-electron chi connectivity index (χ4n) is 3.32. The lowest BCUT2D eigenvalue weighted by molar-refractivity contribution is -0.120. The molecule has 1 aliphatic carbocycles. The monoisotopic (exact) mass is 409 g/mol. The molecule has 3 N–H and O–H groups in total. The third-order valence-electron chi connectivity index (χ3n) is 5.23. The number of benzene rings is 1. The highest BCUT2D eigenvalue weighted by Crippen LogP contribution is 2.25. The first-order chi connectivity index (χ1) is 13.4. The molecular weight excluding hydrogens is 374 g/mol. The maximum Gasteiger partial charge on any atom is 0.227 e. The summed E-state index contributed by atoms with van der Waals surface area (Å²) in [6.07, 6.45) is 8.34. The van der Waals surface area contributed by atoms with Gasteiger partial charge in [-0.1, -0.05) is 25.7 Å². The van der Waals surface area contributed by atoms with Crippen molar-refractivity contribution in [3.8, 4) is 0 Å². The molecule has 1 amide bonds. The number of amides is 1.